The minimum atomic E-state index is -0.427. The summed E-state index contributed by atoms with van der Waals surface area (Å²) in [6.07, 6.45) is 7.73. The van der Waals surface area contributed by atoms with Crippen molar-refractivity contribution in [3.05, 3.63) is 58.9 Å². The summed E-state index contributed by atoms with van der Waals surface area (Å²) in [5.74, 6) is -0.385. The van der Waals surface area contributed by atoms with E-state index >= 15 is 0 Å². The van der Waals surface area contributed by atoms with E-state index in [4.69, 9.17) is 4.74 Å². The second-order valence-electron chi connectivity index (χ2n) is 8.03. The first-order chi connectivity index (χ1) is 15.0. The minimum absolute atomic E-state index is 0.188. The monoisotopic (exact) mass is 428 g/mol. The van der Waals surface area contributed by atoms with Crippen LogP contribution in [0, 0.1) is 17.6 Å². The molecule has 6 nitrogen and oxygen atoms in total. The van der Waals surface area contributed by atoms with E-state index in [-0.39, 0.29) is 11.9 Å². The fraction of sp³-hybridized carbons (Fsp3) is 0.478. The van der Waals surface area contributed by atoms with Gasteiger partial charge in [-0.15, -0.1) is 0 Å². The molecule has 0 amide bonds. The van der Waals surface area contributed by atoms with Gasteiger partial charge in [0.1, 0.15) is 5.82 Å². The molecule has 0 unspecified atom stereocenters. The van der Waals surface area contributed by atoms with Gasteiger partial charge in [0.05, 0.1) is 36.8 Å². The zero-order valence-electron chi connectivity index (χ0n) is 17.6. The van der Waals surface area contributed by atoms with E-state index in [0.717, 1.165) is 31.6 Å². The van der Waals surface area contributed by atoms with Crippen molar-refractivity contribution in [1.29, 1.82) is 0 Å². The lowest BCUT2D eigenvalue weighted by atomic mass is 9.93. The van der Waals surface area contributed by atoms with Crippen LogP contribution in [-0.2, 0) is 22.4 Å². The number of aromatic nitrogens is 3. The number of rotatable bonds is 7. The molecule has 1 saturated heterocycles. The van der Waals surface area contributed by atoms with Crippen LogP contribution in [-0.4, -0.2) is 52.1 Å². The van der Waals surface area contributed by atoms with Crippen molar-refractivity contribution < 1.29 is 18.3 Å². The molecule has 0 saturated carbocycles. The molecule has 8 heteroatoms. The molecule has 1 fully saturated rings. The topological polar surface area (TPSA) is 68.2 Å². The van der Waals surface area contributed by atoms with Gasteiger partial charge in [-0.05, 0) is 44.7 Å². The lowest BCUT2D eigenvalue weighted by molar-refractivity contribution is -0.143. The number of hydrogen-bond donors (Lipinski definition) is 0. The molecular formula is C23H26F2N4O2. The number of ether oxygens (including phenoxy) is 1. The molecule has 4 rings (SSSR count). The lowest BCUT2D eigenvalue weighted by Crippen LogP contribution is -2.37. The van der Waals surface area contributed by atoms with Crippen LogP contribution in [0.25, 0.3) is 5.57 Å². The zero-order valence-corrected chi connectivity index (χ0v) is 17.6. The second kappa shape index (κ2) is 9.60. The molecule has 2 aromatic heterocycles. The van der Waals surface area contributed by atoms with E-state index in [9.17, 15) is 13.6 Å². The van der Waals surface area contributed by atoms with Crippen LogP contribution >= 0.6 is 0 Å². The Morgan fingerprint density at radius 2 is 2.16 bits per heavy atom. The van der Waals surface area contributed by atoms with E-state index in [2.05, 4.69) is 19.9 Å². The maximum absolute atomic E-state index is 14.5. The van der Waals surface area contributed by atoms with Crippen molar-refractivity contribution in [2.75, 3.05) is 26.2 Å². The fourth-order valence-electron chi connectivity index (χ4n) is 4.34. The quantitative estimate of drug-likeness (QED) is 0.630. The summed E-state index contributed by atoms with van der Waals surface area (Å²) in [5, 5.41) is 0. The number of esters is 1. The summed E-state index contributed by atoms with van der Waals surface area (Å²) >= 11 is 0. The van der Waals surface area contributed by atoms with Crippen molar-refractivity contribution in [2.45, 2.75) is 39.0 Å². The molecular weight excluding hydrogens is 402 g/mol. The Hall–Kier alpha value is -2.74. The van der Waals surface area contributed by atoms with Gasteiger partial charge in [0.15, 0.2) is 11.6 Å². The number of carbonyl (C=O) groups is 1. The smallest absolute Gasteiger partial charge is 0.307 e. The third kappa shape index (κ3) is 5.12. The first kappa shape index (κ1) is 21.5. The highest BCUT2D eigenvalue weighted by atomic mass is 19.1. The maximum Gasteiger partial charge on any atom is 0.307 e. The van der Waals surface area contributed by atoms with E-state index in [1.165, 1.54) is 18.5 Å². The number of allylic oxidation sites excluding steroid dienone is 1. The van der Waals surface area contributed by atoms with Crippen LogP contribution in [0.3, 0.4) is 0 Å². The number of pyridine rings is 1. The summed E-state index contributed by atoms with van der Waals surface area (Å²) in [4.78, 5) is 26.6. The maximum atomic E-state index is 14.5. The molecule has 2 aromatic rings. The predicted octanol–water partition coefficient (Wildman–Crippen LogP) is 3.35. The average Bonchev–Trinajstić information content (AvgIpc) is 3.17. The van der Waals surface area contributed by atoms with E-state index in [0.29, 0.717) is 55.1 Å². The van der Waals surface area contributed by atoms with E-state index in [1.807, 2.05) is 6.08 Å². The number of piperidine rings is 1. The molecule has 3 heterocycles. The minimum Gasteiger partial charge on any atom is -0.466 e. The molecule has 0 spiro atoms. The average molecular weight is 428 g/mol. The van der Waals surface area contributed by atoms with Gasteiger partial charge >= 0.3 is 5.97 Å². The third-order valence-electron chi connectivity index (χ3n) is 5.81. The van der Waals surface area contributed by atoms with Crippen LogP contribution < -0.4 is 0 Å². The molecule has 1 aliphatic heterocycles. The highest BCUT2D eigenvalue weighted by Crippen LogP contribution is 2.31. The molecule has 0 bridgehead atoms. The Kier molecular flexibility index (Phi) is 6.65. The molecule has 164 valence electrons. The molecule has 0 radical (unpaired) electrons. The molecule has 1 aliphatic carbocycles. The second-order valence-corrected chi connectivity index (χ2v) is 8.03. The first-order valence-corrected chi connectivity index (χ1v) is 10.8. The largest absolute Gasteiger partial charge is 0.466 e. The van der Waals surface area contributed by atoms with Crippen molar-refractivity contribution in [1.82, 2.24) is 19.9 Å². The van der Waals surface area contributed by atoms with Gasteiger partial charge in [-0.25, -0.2) is 18.7 Å². The molecule has 0 N–H and O–H groups in total. The van der Waals surface area contributed by atoms with Crippen LogP contribution in [0.5, 0.6) is 0 Å². The highest BCUT2D eigenvalue weighted by Gasteiger charge is 2.25. The van der Waals surface area contributed by atoms with Crippen molar-refractivity contribution in [2.24, 2.45) is 5.92 Å². The van der Waals surface area contributed by atoms with E-state index in [1.54, 1.807) is 6.92 Å². The van der Waals surface area contributed by atoms with Crippen molar-refractivity contribution in [3.8, 4) is 0 Å². The van der Waals surface area contributed by atoms with Gasteiger partial charge in [-0.3, -0.25) is 9.78 Å². The number of halogens is 2. The summed E-state index contributed by atoms with van der Waals surface area (Å²) in [6.45, 7) is 4.55. The van der Waals surface area contributed by atoms with Gasteiger partial charge in [-0.2, -0.15) is 0 Å². The molecule has 1 atom stereocenters. The highest BCUT2D eigenvalue weighted by molar-refractivity contribution is 5.80. The fourth-order valence-corrected chi connectivity index (χ4v) is 4.34. The number of nitrogens with zero attached hydrogens (tertiary/aromatic N) is 4. The van der Waals surface area contributed by atoms with Crippen molar-refractivity contribution in [3.63, 3.8) is 0 Å². The molecule has 2 aliphatic rings. The van der Waals surface area contributed by atoms with Gasteiger partial charge in [0.25, 0.3) is 0 Å². The predicted molar refractivity (Wildman–Crippen MR) is 111 cm³/mol. The van der Waals surface area contributed by atoms with Crippen LogP contribution in [0.15, 0.2) is 24.5 Å². The summed E-state index contributed by atoms with van der Waals surface area (Å²) < 4.78 is 33.2. The van der Waals surface area contributed by atoms with Crippen LogP contribution in [0.2, 0.25) is 0 Å². The Morgan fingerprint density at radius 3 is 3.00 bits per heavy atom. The SMILES string of the molecule is CCOC(=O)CCN1CCC[C@@H](Cc2nc(C3=CCc4ncc(F)cc43)ncc2F)C1. The van der Waals surface area contributed by atoms with E-state index < -0.39 is 11.6 Å². The number of hydrogen-bond acceptors (Lipinski definition) is 6. The standard InChI is InChI=1S/C23H26F2N4O2/c1-2-31-22(30)7-9-29-8-3-4-15(14-29)10-21-19(25)13-27-23(28-21)17-5-6-20-18(17)11-16(24)12-26-20/h5,11-13,15H,2-4,6-10,14H2,1H3/t15-/m0/s1. The number of likely N-dealkylation sites (tertiary alicyclic amines) is 1. The molecule has 31 heavy (non-hydrogen) atoms. The Balaban J connectivity index is 1.44. The van der Waals surface area contributed by atoms with Gasteiger partial charge < -0.3 is 9.64 Å². The number of carbonyl (C=O) groups excluding carboxylic acids is 1. The van der Waals surface area contributed by atoms with Gasteiger partial charge in [-0.1, -0.05) is 6.08 Å². The Morgan fingerprint density at radius 1 is 1.29 bits per heavy atom. The summed E-state index contributed by atoms with van der Waals surface area (Å²) in [6, 6.07) is 1.43. The number of fused-ring (bicyclic) bond motifs is 1. The third-order valence-corrected chi connectivity index (χ3v) is 5.81. The van der Waals surface area contributed by atoms with Crippen molar-refractivity contribution >= 4 is 11.5 Å². The van der Waals surface area contributed by atoms with Crippen LogP contribution in [0.1, 0.15) is 49.0 Å². The Labute approximate surface area is 180 Å². The summed E-state index contributed by atoms with van der Waals surface area (Å²) in [7, 11) is 0. The zero-order chi connectivity index (χ0) is 21.8. The van der Waals surface area contributed by atoms with Gasteiger partial charge in [0, 0.05) is 30.6 Å². The van der Waals surface area contributed by atoms with Crippen LogP contribution in [0.4, 0.5) is 8.78 Å². The molecule has 0 aromatic carbocycles. The Bertz CT molecular complexity index is 996. The normalized spacial score (nSPS) is 18.5. The lowest BCUT2D eigenvalue weighted by Gasteiger charge is -2.32. The summed E-state index contributed by atoms with van der Waals surface area (Å²) in [5.41, 5.74) is 2.51. The van der Waals surface area contributed by atoms with Gasteiger partial charge in [0.2, 0.25) is 0 Å². The first-order valence-electron chi connectivity index (χ1n) is 10.8.